The van der Waals surface area contributed by atoms with E-state index in [0.717, 1.165) is 67.8 Å². The number of fused-ring (bicyclic) bond motifs is 2. The van der Waals surface area contributed by atoms with Gasteiger partial charge in [0.1, 0.15) is 0 Å². The fraction of sp³-hybridized carbons (Fsp3) is 0.344. The van der Waals surface area contributed by atoms with Gasteiger partial charge in [0.05, 0.1) is 30.7 Å². The van der Waals surface area contributed by atoms with Crippen molar-refractivity contribution in [2.45, 2.75) is 36.9 Å². The van der Waals surface area contributed by atoms with E-state index >= 15 is 0 Å². The van der Waals surface area contributed by atoms with Gasteiger partial charge in [-0.05, 0) is 40.6 Å². The van der Waals surface area contributed by atoms with Gasteiger partial charge < -0.3 is 14.2 Å². The van der Waals surface area contributed by atoms with Gasteiger partial charge in [-0.3, -0.25) is 9.69 Å². The summed E-state index contributed by atoms with van der Waals surface area (Å²) in [5, 5.41) is 1.82. The van der Waals surface area contributed by atoms with Crippen LogP contribution in [0, 0.1) is 0 Å². The molecule has 214 valence electrons. The minimum atomic E-state index is -3.87. The lowest BCUT2D eigenvalue weighted by Gasteiger charge is -2.32. The Morgan fingerprint density at radius 2 is 1.61 bits per heavy atom. The van der Waals surface area contributed by atoms with Crippen LogP contribution in [0.5, 0.6) is 0 Å². The summed E-state index contributed by atoms with van der Waals surface area (Å²) in [7, 11) is -3.87. The zero-order valence-corrected chi connectivity index (χ0v) is 23.9. The number of nitrogens with one attached hydrogen (secondary N) is 1. The van der Waals surface area contributed by atoms with Crippen LogP contribution in [0.2, 0.25) is 0 Å². The lowest BCUT2D eigenvalue weighted by atomic mass is 10.0. The smallest absolute Gasteiger partial charge is 0.241 e. The maximum Gasteiger partial charge on any atom is 0.241 e. The molecule has 41 heavy (non-hydrogen) atoms. The number of aromatic nitrogens is 1. The molecule has 1 unspecified atom stereocenters. The normalized spacial score (nSPS) is 16.9. The van der Waals surface area contributed by atoms with Crippen LogP contribution >= 0.6 is 0 Å². The van der Waals surface area contributed by atoms with Crippen LogP contribution in [0.4, 0.5) is 0 Å². The fourth-order valence-electron chi connectivity index (χ4n) is 5.81. The molecule has 8 nitrogen and oxygen atoms in total. The SMILES string of the molecule is O=C(CC(NS(=O)(=O)c1ccc2ccccc2c1)c1ccccc1)N1CCn2c(CCN3CCOCC3)ccc2C1. The summed E-state index contributed by atoms with van der Waals surface area (Å²) >= 11 is 0. The summed E-state index contributed by atoms with van der Waals surface area (Å²) in [6.07, 6.45) is 1.02. The van der Waals surface area contributed by atoms with Crippen LogP contribution < -0.4 is 4.72 Å². The van der Waals surface area contributed by atoms with Crippen LogP contribution in [-0.2, 0) is 39.1 Å². The van der Waals surface area contributed by atoms with Crippen molar-refractivity contribution in [3.63, 3.8) is 0 Å². The van der Waals surface area contributed by atoms with Gasteiger partial charge in [0.15, 0.2) is 0 Å². The lowest BCUT2D eigenvalue weighted by Crippen LogP contribution is -2.41. The Morgan fingerprint density at radius 1 is 0.854 bits per heavy atom. The summed E-state index contributed by atoms with van der Waals surface area (Å²) in [5.74, 6) is -0.0672. The van der Waals surface area contributed by atoms with E-state index in [2.05, 4.69) is 26.3 Å². The van der Waals surface area contributed by atoms with Crippen LogP contribution in [0.25, 0.3) is 10.8 Å². The molecule has 6 rings (SSSR count). The van der Waals surface area contributed by atoms with Gasteiger partial charge in [0.2, 0.25) is 15.9 Å². The Balaban J connectivity index is 1.15. The summed E-state index contributed by atoms with van der Waals surface area (Å²) in [6, 6.07) is 25.7. The molecule has 2 aliphatic rings. The van der Waals surface area contributed by atoms with Crippen LogP contribution in [0.1, 0.15) is 29.4 Å². The zero-order chi connectivity index (χ0) is 28.2. The van der Waals surface area contributed by atoms with E-state index in [0.29, 0.717) is 13.1 Å². The standard InChI is InChI=1S/C32H36N4O4S/c37-32(35-16-17-36-28(11-12-29(36)24-35)14-15-34-18-20-40-21-19-34)23-31(26-7-2-1-3-8-26)33-41(38,39)30-13-10-25-6-4-5-9-27(25)22-30/h1-13,22,31,33H,14-21,23-24H2. The highest BCUT2D eigenvalue weighted by Crippen LogP contribution is 2.26. The van der Waals surface area contributed by atoms with E-state index in [4.69, 9.17) is 4.74 Å². The summed E-state index contributed by atoms with van der Waals surface area (Å²) in [4.78, 5) is 18.1. The molecular formula is C32H36N4O4S. The molecule has 1 saturated heterocycles. The number of carbonyl (C=O) groups is 1. The van der Waals surface area contributed by atoms with Crippen molar-refractivity contribution in [3.8, 4) is 0 Å². The van der Waals surface area contributed by atoms with Gasteiger partial charge in [0, 0.05) is 57.0 Å². The van der Waals surface area contributed by atoms with Gasteiger partial charge in [-0.1, -0.05) is 60.7 Å². The number of hydrogen-bond donors (Lipinski definition) is 1. The minimum Gasteiger partial charge on any atom is -0.379 e. The number of morpholine rings is 1. The molecule has 9 heteroatoms. The average molecular weight is 573 g/mol. The van der Waals surface area contributed by atoms with E-state index in [-0.39, 0.29) is 17.2 Å². The Labute approximate surface area is 241 Å². The molecule has 0 saturated carbocycles. The third-order valence-electron chi connectivity index (χ3n) is 8.16. The monoisotopic (exact) mass is 572 g/mol. The predicted molar refractivity (Wildman–Crippen MR) is 159 cm³/mol. The first-order valence-corrected chi connectivity index (χ1v) is 15.8. The molecule has 3 aromatic carbocycles. The first kappa shape index (κ1) is 27.7. The van der Waals surface area contributed by atoms with Crippen LogP contribution in [0.3, 0.4) is 0 Å². The number of rotatable bonds is 9. The van der Waals surface area contributed by atoms with Crippen molar-refractivity contribution >= 4 is 26.7 Å². The molecule has 1 atom stereocenters. The molecule has 1 N–H and O–H groups in total. The van der Waals surface area contributed by atoms with E-state index in [9.17, 15) is 13.2 Å². The molecular weight excluding hydrogens is 536 g/mol. The molecule has 1 amide bonds. The van der Waals surface area contributed by atoms with E-state index in [1.807, 2.05) is 65.6 Å². The third kappa shape index (κ3) is 6.38. The Bertz CT molecular complexity index is 1610. The Morgan fingerprint density at radius 3 is 2.41 bits per heavy atom. The summed E-state index contributed by atoms with van der Waals surface area (Å²) < 4.78 is 37.7. The maximum atomic E-state index is 13.6. The fourth-order valence-corrected chi connectivity index (χ4v) is 7.07. The van der Waals surface area contributed by atoms with Crippen molar-refractivity contribution in [1.82, 2.24) is 19.1 Å². The van der Waals surface area contributed by atoms with Crippen LogP contribution in [-0.4, -0.2) is 68.1 Å². The second kappa shape index (κ2) is 12.2. The molecule has 0 spiro atoms. The van der Waals surface area contributed by atoms with E-state index in [1.165, 1.54) is 5.69 Å². The first-order chi connectivity index (χ1) is 20.0. The van der Waals surface area contributed by atoms with Crippen molar-refractivity contribution < 1.29 is 17.9 Å². The van der Waals surface area contributed by atoms with Crippen LogP contribution in [0.15, 0.2) is 89.8 Å². The number of hydrogen-bond acceptors (Lipinski definition) is 5. The molecule has 0 bridgehead atoms. The quantitative estimate of drug-likeness (QED) is 0.328. The first-order valence-electron chi connectivity index (χ1n) is 14.3. The Hall–Kier alpha value is -3.50. The molecule has 1 aromatic heterocycles. The van der Waals surface area contributed by atoms with Gasteiger partial charge in [0.25, 0.3) is 0 Å². The van der Waals surface area contributed by atoms with Gasteiger partial charge in [-0.25, -0.2) is 13.1 Å². The number of ether oxygens (including phenoxy) is 1. The van der Waals surface area contributed by atoms with Crippen molar-refractivity contribution in [1.29, 1.82) is 0 Å². The minimum absolute atomic E-state index is 0.0431. The maximum absolute atomic E-state index is 13.6. The number of nitrogens with zero attached hydrogens (tertiary/aromatic N) is 3. The molecule has 4 aromatic rings. The molecule has 0 aliphatic carbocycles. The lowest BCUT2D eigenvalue weighted by molar-refractivity contribution is -0.133. The third-order valence-corrected chi connectivity index (χ3v) is 9.63. The molecule has 3 heterocycles. The highest BCUT2D eigenvalue weighted by Gasteiger charge is 2.28. The van der Waals surface area contributed by atoms with E-state index < -0.39 is 16.1 Å². The predicted octanol–water partition coefficient (Wildman–Crippen LogP) is 3.97. The number of carbonyl (C=O) groups excluding carboxylic acids is 1. The second-order valence-electron chi connectivity index (χ2n) is 10.8. The zero-order valence-electron chi connectivity index (χ0n) is 23.1. The van der Waals surface area contributed by atoms with Crippen molar-refractivity contribution in [2.75, 3.05) is 39.4 Å². The summed E-state index contributed by atoms with van der Waals surface area (Å²) in [5.41, 5.74) is 3.18. The molecule has 2 aliphatic heterocycles. The summed E-state index contributed by atoms with van der Waals surface area (Å²) in [6.45, 7) is 6.42. The van der Waals surface area contributed by atoms with Gasteiger partial charge in [-0.15, -0.1) is 0 Å². The average Bonchev–Trinajstić information content (AvgIpc) is 3.42. The topological polar surface area (TPSA) is 83.9 Å². The number of benzene rings is 3. The Kier molecular flexibility index (Phi) is 8.20. The van der Waals surface area contributed by atoms with Gasteiger partial charge >= 0.3 is 0 Å². The molecule has 0 radical (unpaired) electrons. The number of sulfonamides is 1. The number of amides is 1. The van der Waals surface area contributed by atoms with Gasteiger partial charge in [-0.2, -0.15) is 0 Å². The largest absolute Gasteiger partial charge is 0.379 e. The molecule has 1 fully saturated rings. The highest BCUT2D eigenvalue weighted by atomic mass is 32.2. The second-order valence-corrected chi connectivity index (χ2v) is 12.5. The van der Waals surface area contributed by atoms with Crippen molar-refractivity contribution in [2.24, 2.45) is 0 Å². The highest BCUT2D eigenvalue weighted by molar-refractivity contribution is 7.89. The van der Waals surface area contributed by atoms with Crippen molar-refractivity contribution in [3.05, 3.63) is 102 Å². The van der Waals surface area contributed by atoms with E-state index in [1.54, 1.807) is 12.1 Å².